The van der Waals surface area contributed by atoms with Crippen LogP contribution in [0, 0.1) is 0 Å². The first-order chi connectivity index (χ1) is 11.4. The SMILES string of the molecule is C=C(C)COc1ccccc1C1(C)Nc2ccccc2C(=O)N1C. The van der Waals surface area contributed by atoms with E-state index in [1.165, 1.54) is 0 Å². The fourth-order valence-electron chi connectivity index (χ4n) is 2.95. The second-order valence-corrected chi connectivity index (χ2v) is 6.35. The van der Waals surface area contributed by atoms with Gasteiger partial charge in [-0.2, -0.15) is 0 Å². The van der Waals surface area contributed by atoms with Crippen LogP contribution in [0.15, 0.2) is 60.7 Å². The molecule has 2 aromatic rings. The van der Waals surface area contributed by atoms with Crippen LogP contribution < -0.4 is 10.1 Å². The number of carbonyl (C=O) groups excluding carboxylic acids is 1. The van der Waals surface area contributed by atoms with Gasteiger partial charge in [0.15, 0.2) is 0 Å². The number of hydrogen-bond donors (Lipinski definition) is 1. The molecule has 24 heavy (non-hydrogen) atoms. The predicted octanol–water partition coefficient (Wildman–Crippen LogP) is 4.01. The van der Waals surface area contributed by atoms with Crippen molar-refractivity contribution in [1.82, 2.24) is 4.90 Å². The van der Waals surface area contributed by atoms with Crippen LogP contribution in [0.3, 0.4) is 0 Å². The van der Waals surface area contributed by atoms with E-state index in [9.17, 15) is 4.79 Å². The van der Waals surface area contributed by atoms with E-state index in [1.54, 1.807) is 11.9 Å². The number of fused-ring (bicyclic) bond motifs is 1. The van der Waals surface area contributed by atoms with Crippen LogP contribution in [0.5, 0.6) is 5.75 Å². The first-order valence-corrected chi connectivity index (χ1v) is 7.95. The highest BCUT2D eigenvalue weighted by Crippen LogP contribution is 2.40. The fourth-order valence-corrected chi connectivity index (χ4v) is 2.95. The Kier molecular flexibility index (Phi) is 4.06. The van der Waals surface area contributed by atoms with Crippen molar-refractivity contribution in [2.45, 2.75) is 19.5 Å². The van der Waals surface area contributed by atoms with Crippen molar-refractivity contribution < 1.29 is 9.53 Å². The Bertz CT molecular complexity index is 800. The molecule has 124 valence electrons. The van der Waals surface area contributed by atoms with Gasteiger partial charge in [0.2, 0.25) is 0 Å². The van der Waals surface area contributed by atoms with Crippen LogP contribution in [-0.2, 0) is 5.66 Å². The Hall–Kier alpha value is -2.75. The van der Waals surface area contributed by atoms with Crippen molar-refractivity contribution in [3.63, 3.8) is 0 Å². The smallest absolute Gasteiger partial charge is 0.257 e. The molecule has 1 atom stereocenters. The van der Waals surface area contributed by atoms with E-state index in [1.807, 2.05) is 62.4 Å². The van der Waals surface area contributed by atoms with Crippen molar-refractivity contribution in [3.8, 4) is 5.75 Å². The summed E-state index contributed by atoms with van der Waals surface area (Å²) in [6, 6.07) is 15.4. The van der Waals surface area contributed by atoms with Gasteiger partial charge in [-0.1, -0.05) is 36.9 Å². The fraction of sp³-hybridized carbons (Fsp3) is 0.250. The normalized spacial score (nSPS) is 19.5. The van der Waals surface area contributed by atoms with E-state index in [-0.39, 0.29) is 5.91 Å². The van der Waals surface area contributed by atoms with Crippen LogP contribution in [0.1, 0.15) is 29.8 Å². The maximum atomic E-state index is 12.8. The van der Waals surface area contributed by atoms with E-state index in [0.717, 1.165) is 22.6 Å². The number of amides is 1. The van der Waals surface area contributed by atoms with E-state index in [0.29, 0.717) is 12.2 Å². The number of anilines is 1. The highest BCUT2D eigenvalue weighted by Gasteiger charge is 2.41. The molecule has 1 aliphatic heterocycles. The Balaban J connectivity index is 2.06. The summed E-state index contributed by atoms with van der Waals surface area (Å²) in [6.07, 6.45) is 0. The van der Waals surface area contributed by atoms with E-state index < -0.39 is 5.66 Å². The summed E-state index contributed by atoms with van der Waals surface area (Å²) >= 11 is 0. The van der Waals surface area contributed by atoms with Gasteiger partial charge >= 0.3 is 0 Å². The zero-order valence-electron chi connectivity index (χ0n) is 14.3. The summed E-state index contributed by atoms with van der Waals surface area (Å²) < 4.78 is 5.91. The molecule has 0 spiro atoms. The number of para-hydroxylation sites is 2. The Morgan fingerprint density at radius 1 is 1.21 bits per heavy atom. The number of nitrogens with zero attached hydrogens (tertiary/aromatic N) is 1. The molecule has 2 aromatic carbocycles. The average Bonchev–Trinajstić information content (AvgIpc) is 2.58. The van der Waals surface area contributed by atoms with Crippen LogP contribution in [0.4, 0.5) is 5.69 Å². The van der Waals surface area contributed by atoms with E-state index in [2.05, 4.69) is 11.9 Å². The van der Waals surface area contributed by atoms with Gasteiger partial charge in [-0.05, 0) is 37.6 Å². The molecule has 0 aromatic heterocycles. The number of ether oxygens (including phenoxy) is 1. The largest absolute Gasteiger partial charge is 0.489 e. The first kappa shape index (κ1) is 16.1. The highest BCUT2D eigenvalue weighted by molar-refractivity contribution is 6.02. The summed E-state index contributed by atoms with van der Waals surface area (Å²) in [5.74, 6) is 0.732. The monoisotopic (exact) mass is 322 g/mol. The van der Waals surface area contributed by atoms with Gasteiger partial charge in [0.1, 0.15) is 18.0 Å². The van der Waals surface area contributed by atoms with Crippen LogP contribution in [0.2, 0.25) is 0 Å². The lowest BCUT2D eigenvalue weighted by Crippen LogP contribution is -2.53. The number of hydrogen-bond acceptors (Lipinski definition) is 3. The van der Waals surface area contributed by atoms with Gasteiger partial charge in [0.05, 0.1) is 5.56 Å². The van der Waals surface area contributed by atoms with Crippen molar-refractivity contribution in [1.29, 1.82) is 0 Å². The predicted molar refractivity (Wildman–Crippen MR) is 96.3 cm³/mol. The summed E-state index contributed by atoms with van der Waals surface area (Å²) in [5, 5.41) is 3.50. The maximum absolute atomic E-state index is 12.8. The van der Waals surface area contributed by atoms with Gasteiger partial charge in [-0.25, -0.2) is 0 Å². The summed E-state index contributed by atoms with van der Waals surface area (Å²) in [6.45, 7) is 8.24. The van der Waals surface area contributed by atoms with E-state index in [4.69, 9.17) is 4.74 Å². The molecule has 3 rings (SSSR count). The third-order valence-electron chi connectivity index (χ3n) is 4.40. The van der Waals surface area contributed by atoms with Gasteiger partial charge in [-0.3, -0.25) is 4.79 Å². The summed E-state index contributed by atoms with van der Waals surface area (Å²) in [7, 11) is 1.81. The third-order valence-corrected chi connectivity index (χ3v) is 4.40. The Labute approximate surface area is 142 Å². The quantitative estimate of drug-likeness (QED) is 0.865. The zero-order chi connectivity index (χ0) is 17.3. The lowest BCUT2D eigenvalue weighted by molar-refractivity contribution is 0.0611. The minimum Gasteiger partial charge on any atom is -0.489 e. The van der Waals surface area contributed by atoms with Crippen LogP contribution in [-0.4, -0.2) is 24.5 Å². The van der Waals surface area contributed by atoms with E-state index >= 15 is 0 Å². The van der Waals surface area contributed by atoms with Gasteiger partial charge in [0, 0.05) is 18.3 Å². The summed E-state index contributed by atoms with van der Waals surface area (Å²) in [5.41, 5.74) is 2.67. The molecule has 0 radical (unpaired) electrons. The van der Waals surface area contributed by atoms with Gasteiger partial charge in [-0.15, -0.1) is 0 Å². The topological polar surface area (TPSA) is 41.6 Å². The second-order valence-electron chi connectivity index (χ2n) is 6.35. The molecule has 0 saturated carbocycles. The van der Waals surface area contributed by atoms with Gasteiger partial charge in [0.25, 0.3) is 5.91 Å². The second kappa shape index (κ2) is 6.04. The molecule has 0 fully saturated rings. The molecule has 0 aliphatic carbocycles. The first-order valence-electron chi connectivity index (χ1n) is 7.95. The van der Waals surface area contributed by atoms with Crippen molar-refractivity contribution >= 4 is 11.6 Å². The minimum atomic E-state index is -0.697. The molecule has 1 heterocycles. The molecule has 1 aliphatic rings. The van der Waals surface area contributed by atoms with Crippen molar-refractivity contribution in [3.05, 3.63) is 71.8 Å². The van der Waals surface area contributed by atoms with Crippen molar-refractivity contribution in [2.24, 2.45) is 0 Å². The lowest BCUT2D eigenvalue weighted by Gasteiger charge is -2.45. The zero-order valence-corrected chi connectivity index (χ0v) is 14.3. The number of nitrogens with one attached hydrogen (secondary N) is 1. The van der Waals surface area contributed by atoms with Crippen LogP contribution in [0.25, 0.3) is 0 Å². The number of benzene rings is 2. The molecule has 4 nitrogen and oxygen atoms in total. The Morgan fingerprint density at radius 3 is 2.62 bits per heavy atom. The molecule has 0 bridgehead atoms. The number of rotatable bonds is 4. The molecule has 0 saturated heterocycles. The summed E-state index contributed by atoms with van der Waals surface area (Å²) in [4.78, 5) is 14.5. The molecular weight excluding hydrogens is 300 g/mol. The van der Waals surface area contributed by atoms with Crippen LogP contribution >= 0.6 is 0 Å². The lowest BCUT2D eigenvalue weighted by atomic mass is 9.93. The Morgan fingerprint density at radius 2 is 1.88 bits per heavy atom. The highest BCUT2D eigenvalue weighted by atomic mass is 16.5. The number of carbonyl (C=O) groups is 1. The minimum absolute atomic E-state index is 0.0124. The molecule has 1 unspecified atom stereocenters. The van der Waals surface area contributed by atoms with Gasteiger partial charge < -0.3 is 15.0 Å². The third kappa shape index (κ3) is 2.64. The molecular formula is C20H22N2O2. The van der Waals surface area contributed by atoms with Crippen molar-refractivity contribution in [2.75, 3.05) is 19.0 Å². The maximum Gasteiger partial charge on any atom is 0.257 e. The average molecular weight is 322 g/mol. The molecule has 4 heteroatoms. The standard InChI is InChI=1S/C20H22N2O2/c1-14(2)13-24-18-12-8-6-10-16(18)20(3)21-17-11-7-5-9-15(17)19(23)22(20)4/h5-12,21H,1,13H2,2-4H3. The molecule has 1 N–H and O–H groups in total. The molecule has 1 amide bonds.